The molecule has 130 valence electrons. The molecule has 5 heteroatoms. The zero-order valence-corrected chi connectivity index (χ0v) is 14.5. The summed E-state index contributed by atoms with van der Waals surface area (Å²) >= 11 is 0. The first kappa shape index (κ1) is 17.3. The monoisotopic (exact) mass is 344 g/mol. The van der Waals surface area contributed by atoms with Gasteiger partial charge in [0, 0.05) is 17.7 Å². The van der Waals surface area contributed by atoms with Crippen LogP contribution in [0, 0.1) is 23.7 Å². The lowest BCUT2D eigenvalue weighted by atomic mass is 9.80. The summed E-state index contributed by atoms with van der Waals surface area (Å²) in [6.45, 7) is 1.99. The Morgan fingerprint density at radius 3 is 2.35 bits per heavy atom. The van der Waals surface area contributed by atoms with Crippen LogP contribution in [0.25, 0.3) is 0 Å². The number of benzene rings is 2. The standard InChI is InChI=1S/C21H20N4O/c1-13-7-9-15(10-8-13)18-16(12-22)20(24)26-21(25)19(18)17(23)11-14-5-3-2-4-6-14/h2-10,18,23H,11,24-25H2,1H3. The van der Waals surface area contributed by atoms with E-state index in [1.54, 1.807) is 0 Å². The van der Waals surface area contributed by atoms with Crippen molar-refractivity contribution in [3.63, 3.8) is 0 Å². The molecular weight excluding hydrogens is 324 g/mol. The van der Waals surface area contributed by atoms with E-state index in [2.05, 4.69) is 6.07 Å². The number of aryl methyl sites for hydroxylation is 1. The third kappa shape index (κ3) is 3.31. The zero-order valence-electron chi connectivity index (χ0n) is 14.5. The maximum absolute atomic E-state index is 9.62. The first-order valence-corrected chi connectivity index (χ1v) is 8.26. The molecule has 1 atom stereocenters. The number of hydrogen-bond donors (Lipinski definition) is 3. The van der Waals surface area contributed by atoms with E-state index in [9.17, 15) is 5.26 Å². The molecule has 3 rings (SSSR count). The minimum atomic E-state index is -0.509. The zero-order chi connectivity index (χ0) is 18.7. The molecule has 1 aliphatic heterocycles. The summed E-state index contributed by atoms with van der Waals surface area (Å²) in [5.41, 5.74) is 16.0. The highest BCUT2D eigenvalue weighted by Crippen LogP contribution is 2.38. The van der Waals surface area contributed by atoms with Gasteiger partial charge in [-0.15, -0.1) is 0 Å². The van der Waals surface area contributed by atoms with Gasteiger partial charge in [-0.05, 0) is 18.1 Å². The Bertz CT molecular complexity index is 934. The van der Waals surface area contributed by atoms with Crippen molar-refractivity contribution < 1.29 is 4.74 Å². The maximum Gasteiger partial charge on any atom is 0.207 e. The molecule has 0 spiro atoms. The van der Waals surface area contributed by atoms with E-state index in [4.69, 9.17) is 21.6 Å². The van der Waals surface area contributed by atoms with E-state index in [0.29, 0.717) is 17.7 Å². The van der Waals surface area contributed by atoms with Crippen molar-refractivity contribution in [2.75, 3.05) is 0 Å². The summed E-state index contributed by atoms with van der Waals surface area (Å²) in [5, 5.41) is 18.2. The lowest BCUT2D eigenvalue weighted by Crippen LogP contribution is -2.28. The van der Waals surface area contributed by atoms with Crippen molar-refractivity contribution >= 4 is 5.71 Å². The molecule has 26 heavy (non-hydrogen) atoms. The normalized spacial score (nSPS) is 16.8. The van der Waals surface area contributed by atoms with Crippen molar-refractivity contribution in [3.05, 3.63) is 94.2 Å². The molecule has 1 heterocycles. The number of nitriles is 1. The van der Waals surface area contributed by atoms with E-state index in [1.807, 2.05) is 61.5 Å². The van der Waals surface area contributed by atoms with Crippen LogP contribution in [0.3, 0.4) is 0 Å². The van der Waals surface area contributed by atoms with Crippen molar-refractivity contribution in [2.45, 2.75) is 19.3 Å². The first-order chi connectivity index (χ1) is 12.5. The lowest BCUT2D eigenvalue weighted by Gasteiger charge is -2.28. The SMILES string of the molecule is Cc1ccc(C2C(C#N)=C(N)OC(N)=C2C(=N)Cc2ccccc2)cc1. The fourth-order valence-electron chi connectivity index (χ4n) is 3.09. The number of nitrogens with one attached hydrogen (secondary N) is 1. The highest BCUT2D eigenvalue weighted by Gasteiger charge is 2.34. The van der Waals surface area contributed by atoms with Crippen LogP contribution >= 0.6 is 0 Å². The molecule has 1 aliphatic rings. The number of rotatable bonds is 4. The largest absolute Gasteiger partial charge is 0.424 e. The van der Waals surface area contributed by atoms with Crippen LogP contribution in [0.2, 0.25) is 0 Å². The summed E-state index contributed by atoms with van der Waals surface area (Å²) in [5.74, 6) is -0.439. The molecule has 2 aromatic carbocycles. The van der Waals surface area contributed by atoms with Gasteiger partial charge in [0.05, 0.1) is 5.92 Å². The number of nitrogens with two attached hydrogens (primary N) is 2. The van der Waals surface area contributed by atoms with Crippen LogP contribution in [-0.4, -0.2) is 5.71 Å². The third-order valence-electron chi connectivity index (χ3n) is 4.41. The Labute approximate surface area is 152 Å². The number of nitrogens with zero attached hydrogens (tertiary/aromatic N) is 1. The smallest absolute Gasteiger partial charge is 0.207 e. The van der Waals surface area contributed by atoms with E-state index in [0.717, 1.165) is 16.7 Å². The summed E-state index contributed by atoms with van der Waals surface area (Å²) in [7, 11) is 0. The van der Waals surface area contributed by atoms with Gasteiger partial charge in [0.25, 0.3) is 0 Å². The maximum atomic E-state index is 9.62. The molecule has 0 saturated heterocycles. The predicted octanol–water partition coefficient (Wildman–Crippen LogP) is 3.24. The van der Waals surface area contributed by atoms with E-state index >= 15 is 0 Å². The molecule has 1 unspecified atom stereocenters. The van der Waals surface area contributed by atoms with Gasteiger partial charge in [-0.2, -0.15) is 5.26 Å². The third-order valence-corrected chi connectivity index (χ3v) is 4.41. The van der Waals surface area contributed by atoms with Gasteiger partial charge in [-0.3, -0.25) is 0 Å². The molecule has 0 aliphatic carbocycles. The first-order valence-electron chi connectivity index (χ1n) is 8.26. The second-order valence-electron chi connectivity index (χ2n) is 6.25. The summed E-state index contributed by atoms with van der Waals surface area (Å²) in [6, 6.07) is 19.6. The van der Waals surface area contributed by atoms with E-state index in [1.165, 1.54) is 0 Å². The van der Waals surface area contributed by atoms with Gasteiger partial charge in [0.15, 0.2) is 5.88 Å². The van der Waals surface area contributed by atoms with Gasteiger partial charge >= 0.3 is 0 Å². The van der Waals surface area contributed by atoms with Crippen LogP contribution in [0.4, 0.5) is 0 Å². The highest BCUT2D eigenvalue weighted by molar-refractivity contribution is 6.02. The lowest BCUT2D eigenvalue weighted by molar-refractivity contribution is 0.277. The molecule has 2 aromatic rings. The second-order valence-corrected chi connectivity index (χ2v) is 6.25. The molecule has 0 fully saturated rings. The van der Waals surface area contributed by atoms with E-state index < -0.39 is 5.92 Å². The molecule has 0 amide bonds. The molecular formula is C21H20N4O. The average Bonchev–Trinajstić information content (AvgIpc) is 2.62. The fourth-order valence-corrected chi connectivity index (χ4v) is 3.09. The highest BCUT2D eigenvalue weighted by atomic mass is 16.5. The van der Waals surface area contributed by atoms with Crippen LogP contribution in [0.5, 0.6) is 0 Å². The van der Waals surface area contributed by atoms with Crippen LogP contribution in [-0.2, 0) is 11.2 Å². The van der Waals surface area contributed by atoms with Gasteiger partial charge in [-0.1, -0.05) is 60.2 Å². The average molecular weight is 344 g/mol. The van der Waals surface area contributed by atoms with Gasteiger partial charge < -0.3 is 21.6 Å². The van der Waals surface area contributed by atoms with Crippen molar-refractivity contribution in [2.24, 2.45) is 11.5 Å². The van der Waals surface area contributed by atoms with Crippen LogP contribution < -0.4 is 11.5 Å². The second kappa shape index (κ2) is 7.16. The van der Waals surface area contributed by atoms with Crippen LogP contribution in [0.1, 0.15) is 22.6 Å². The molecule has 0 aromatic heterocycles. The van der Waals surface area contributed by atoms with Gasteiger partial charge in [0.1, 0.15) is 11.6 Å². The minimum Gasteiger partial charge on any atom is -0.424 e. The Balaban J connectivity index is 2.05. The quantitative estimate of drug-likeness (QED) is 0.740. The summed E-state index contributed by atoms with van der Waals surface area (Å²) < 4.78 is 5.39. The van der Waals surface area contributed by atoms with Gasteiger partial charge in [-0.25, -0.2) is 0 Å². The summed E-state index contributed by atoms with van der Waals surface area (Å²) in [4.78, 5) is 0. The molecule has 5 nitrogen and oxygen atoms in total. The number of allylic oxidation sites excluding steroid dienone is 2. The summed E-state index contributed by atoms with van der Waals surface area (Å²) in [6.07, 6.45) is 0.390. The number of ether oxygens (including phenoxy) is 1. The van der Waals surface area contributed by atoms with Crippen molar-refractivity contribution in [1.29, 1.82) is 10.7 Å². The minimum absolute atomic E-state index is 0.00756. The van der Waals surface area contributed by atoms with Crippen LogP contribution in [0.15, 0.2) is 77.5 Å². The Morgan fingerprint density at radius 2 is 1.73 bits per heavy atom. The Kier molecular flexibility index (Phi) is 4.76. The molecule has 0 radical (unpaired) electrons. The van der Waals surface area contributed by atoms with E-state index in [-0.39, 0.29) is 17.3 Å². The van der Waals surface area contributed by atoms with Crippen molar-refractivity contribution in [3.8, 4) is 6.07 Å². The fraction of sp³-hybridized carbons (Fsp3) is 0.143. The predicted molar refractivity (Wildman–Crippen MR) is 101 cm³/mol. The number of hydrogen-bond acceptors (Lipinski definition) is 5. The Morgan fingerprint density at radius 1 is 1.08 bits per heavy atom. The molecule has 0 bridgehead atoms. The molecule has 0 saturated carbocycles. The topological polar surface area (TPSA) is 109 Å². The molecule has 5 N–H and O–H groups in total. The van der Waals surface area contributed by atoms with Gasteiger partial charge in [0.2, 0.25) is 5.88 Å². The van der Waals surface area contributed by atoms with Crippen molar-refractivity contribution in [1.82, 2.24) is 0 Å². The Hall–Kier alpha value is -3.52.